The molecule has 3 saturated heterocycles. The lowest BCUT2D eigenvalue weighted by molar-refractivity contribution is 0.218. The molecule has 0 spiro atoms. The number of fused-ring (bicyclic) bond motifs is 5. The van der Waals surface area contributed by atoms with E-state index in [2.05, 4.69) is 10.2 Å². The Morgan fingerprint density at radius 1 is 1.04 bits per heavy atom. The monoisotopic (exact) mass is 378 g/mol. The van der Waals surface area contributed by atoms with Crippen molar-refractivity contribution in [3.05, 3.63) is 29.8 Å². The molecule has 1 aromatic rings. The summed E-state index contributed by atoms with van der Waals surface area (Å²) in [6.07, 6.45) is 3.92. The minimum absolute atomic E-state index is 0. The van der Waals surface area contributed by atoms with Gasteiger partial charge in [-0.05, 0) is 55.5 Å². The largest absolute Gasteiger partial charge is 0.316 e. The van der Waals surface area contributed by atoms with Crippen molar-refractivity contribution in [1.29, 1.82) is 0 Å². The Morgan fingerprint density at radius 3 is 2.04 bits per heavy atom. The average molecular weight is 379 g/mol. The third-order valence-corrected chi connectivity index (χ3v) is 6.75. The highest BCUT2D eigenvalue weighted by molar-refractivity contribution is 7.90. The molecule has 2 bridgehead atoms. The normalized spacial score (nSPS) is 32.2. The molecule has 0 unspecified atom stereocenters. The van der Waals surface area contributed by atoms with Crippen molar-refractivity contribution in [3.8, 4) is 0 Å². The summed E-state index contributed by atoms with van der Waals surface area (Å²) in [5, 5.41) is 3.54. The molecule has 0 amide bonds. The van der Waals surface area contributed by atoms with Crippen LogP contribution >= 0.6 is 24.8 Å². The summed E-state index contributed by atoms with van der Waals surface area (Å²) in [6, 6.07) is 8.88. The molecule has 3 aliphatic heterocycles. The molecule has 0 aromatic heterocycles. The Bertz CT molecular complexity index is 633. The summed E-state index contributed by atoms with van der Waals surface area (Å²) >= 11 is 0. The van der Waals surface area contributed by atoms with Gasteiger partial charge in [-0.3, -0.25) is 4.90 Å². The van der Waals surface area contributed by atoms with Crippen LogP contribution in [0.2, 0.25) is 0 Å². The van der Waals surface area contributed by atoms with Crippen molar-refractivity contribution in [1.82, 2.24) is 10.2 Å². The molecule has 0 saturated carbocycles. The number of nitrogens with zero attached hydrogens (tertiary/aromatic N) is 1. The molecule has 4 rings (SSSR count). The number of halogens is 2. The van der Waals surface area contributed by atoms with Crippen LogP contribution in [-0.4, -0.2) is 44.7 Å². The van der Waals surface area contributed by atoms with E-state index in [1.807, 2.05) is 12.1 Å². The van der Waals surface area contributed by atoms with Crippen LogP contribution in [0, 0.1) is 11.8 Å². The minimum atomic E-state index is -3.09. The van der Waals surface area contributed by atoms with Gasteiger partial charge in [0.25, 0.3) is 0 Å². The van der Waals surface area contributed by atoms with E-state index < -0.39 is 9.84 Å². The molecule has 1 aromatic carbocycles. The second-order valence-corrected chi connectivity index (χ2v) is 8.80. The van der Waals surface area contributed by atoms with Gasteiger partial charge in [0.1, 0.15) is 0 Å². The molecule has 3 fully saturated rings. The topological polar surface area (TPSA) is 49.4 Å². The third-order valence-electron chi connectivity index (χ3n) is 5.63. The molecule has 3 aliphatic rings. The maximum absolute atomic E-state index is 11.5. The average Bonchev–Trinajstić information content (AvgIpc) is 3.10. The summed E-state index contributed by atoms with van der Waals surface area (Å²) < 4.78 is 23.0. The highest BCUT2D eigenvalue weighted by Crippen LogP contribution is 2.47. The fourth-order valence-electron chi connectivity index (χ4n) is 4.69. The lowest BCUT2D eigenvalue weighted by atomic mass is 9.82. The third kappa shape index (κ3) is 3.27. The van der Waals surface area contributed by atoms with Gasteiger partial charge in [-0.15, -0.1) is 24.8 Å². The second-order valence-electron chi connectivity index (χ2n) is 6.79. The van der Waals surface area contributed by atoms with Crippen molar-refractivity contribution >= 4 is 34.7 Å². The minimum Gasteiger partial charge on any atom is -0.316 e. The zero-order valence-electron chi connectivity index (χ0n) is 13.1. The van der Waals surface area contributed by atoms with E-state index >= 15 is 0 Å². The van der Waals surface area contributed by atoms with Gasteiger partial charge in [-0.1, -0.05) is 12.1 Å². The number of hydrogen-bond acceptors (Lipinski definition) is 4. The summed E-state index contributed by atoms with van der Waals surface area (Å²) in [5.41, 5.74) is 1.23. The molecule has 7 heteroatoms. The van der Waals surface area contributed by atoms with Gasteiger partial charge >= 0.3 is 0 Å². The molecular formula is C16H24Cl2N2O2S. The van der Waals surface area contributed by atoms with Crippen molar-refractivity contribution in [3.63, 3.8) is 0 Å². The van der Waals surface area contributed by atoms with Crippen LogP contribution in [0.15, 0.2) is 29.2 Å². The van der Waals surface area contributed by atoms with Gasteiger partial charge in [0, 0.05) is 24.9 Å². The fourth-order valence-corrected chi connectivity index (χ4v) is 5.32. The predicted molar refractivity (Wildman–Crippen MR) is 96.3 cm³/mol. The molecule has 130 valence electrons. The van der Waals surface area contributed by atoms with E-state index in [0.29, 0.717) is 4.90 Å². The second kappa shape index (κ2) is 6.89. The van der Waals surface area contributed by atoms with Crippen molar-refractivity contribution in [2.75, 3.05) is 19.3 Å². The Hall–Kier alpha value is -0.330. The van der Waals surface area contributed by atoms with Gasteiger partial charge in [0.05, 0.1) is 4.90 Å². The Labute approximate surface area is 150 Å². The summed E-state index contributed by atoms with van der Waals surface area (Å²) in [4.78, 5) is 3.09. The first kappa shape index (κ1) is 19.0. The van der Waals surface area contributed by atoms with Crippen LogP contribution in [0.3, 0.4) is 0 Å². The first-order valence-electron chi connectivity index (χ1n) is 7.79. The Kier molecular flexibility index (Phi) is 5.69. The van der Waals surface area contributed by atoms with Crippen molar-refractivity contribution in [2.45, 2.75) is 36.4 Å². The van der Waals surface area contributed by atoms with E-state index in [0.717, 1.165) is 30.5 Å². The van der Waals surface area contributed by atoms with Crippen LogP contribution in [0.25, 0.3) is 0 Å². The molecule has 0 aliphatic carbocycles. The Balaban J connectivity index is 0.000000960. The number of rotatable bonds is 3. The zero-order chi connectivity index (χ0) is 14.6. The van der Waals surface area contributed by atoms with Crippen LogP contribution < -0.4 is 5.32 Å². The molecule has 23 heavy (non-hydrogen) atoms. The molecule has 0 radical (unpaired) electrons. The first-order valence-corrected chi connectivity index (χ1v) is 9.68. The standard InChI is InChI=1S/C16H22N2O2S.2ClH/c1-21(19,20)12-4-2-11(3-5-12)10-18-15-6-7-16(18)14-9-17-8-13(14)15;;/h2-5,13-17H,6-10H2,1H3;2*1H/t13-,14+,15-,16+;;. The fraction of sp³-hybridized carbons (Fsp3) is 0.625. The van der Waals surface area contributed by atoms with Crippen molar-refractivity contribution < 1.29 is 8.42 Å². The zero-order valence-corrected chi connectivity index (χ0v) is 15.6. The van der Waals surface area contributed by atoms with Gasteiger partial charge in [0.2, 0.25) is 0 Å². The van der Waals surface area contributed by atoms with Gasteiger partial charge in [-0.2, -0.15) is 0 Å². The van der Waals surface area contributed by atoms with Crippen LogP contribution in [0.4, 0.5) is 0 Å². The van der Waals surface area contributed by atoms with Crippen LogP contribution in [0.5, 0.6) is 0 Å². The van der Waals surface area contributed by atoms with Crippen molar-refractivity contribution in [2.24, 2.45) is 11.8 Å². The van der Waals surface area contributed by atoms with E-state index in [9.17, 15) is 8.42 Å². The SMILES string of the molecule is CS(=O)(=O)c1ccc(CN2[C@@H]3CC[C@H]2[C@H]2CNC[C@H]23)cc1.Cl.Cl. The van der Waals surface area contributed by atoms with E-state index in [1.165, 1.54) is 37.8 Å². The molecule has 3 heterocycles. The predicted octanol–water partition coefficient (Wildman–Crippen LogP) is 2.12. The van der Waals surface area contributed by atoms with Gasteiger partial charge < -0.3 is 5.32 Å². The smallest absolute Gasteiger partial charge is 0.175 e. The maximum Gasteiger partial charge on any atom is 0.175 e. The molecule has 4 nitrogen and oxygen atoms in total. The van der Waals surface area contributed by atoms with Crippen LogP contribution in [-0.2, 0) is 16.4 Å². The number of benzene rings is 1. The number of hydrogen-bond donors (Lipinski definition) is 1. The number of sulfone groups is 1. The van der Waals surface area contributed by atoms with Crippen LogP contribution in [0.1, 0.15) is 18.4 Å². The van der Waals surface area contributed by atoms with E-state index in [1.54, 1.807) is 12.1 Å². The molecule has 1 N–H and O–H groups in total. The highest BCUT2D eigenvalue weighted by Gasteiger charge is 2.54. The lowest BCUT2D eigenvalue weighted by Gasteiger charge is -2.24. The Morgan fingerprint density at radius 2 is 1.57 bits per heavy atom. The lowest BCUT2D eigenvalue weighted by Crippen LogP contribution is -2.33. The first-order chi connectivity index (χ1) is 10.0. The van der Waals surface area contributed by atoms with E-state index in [-0.39, 0.29) is 24.8 Å². The number of nitrogens with one attached hydrogen (secondary N) is 1. The summed E-state index contributed by atoms with van der Waals surface area (Å²) in [5.74, 6) is 1.66. The quantitative estimate of drug-likeness (QED) is 0.874. The highest BCUT2D eigenvalue weighted by atomic mass is 35.5. The van der Waals surface area contributed by atoms with Gasteiger partial charge in [-0.25, -0.2) is 8.42 Å². The summed E-state index contributed by atoms with van der Waals surface area (Å²) in [7, 11) is -3.09. The summed E-state index contributed by atoms with van der Waals surface area (Å²) in [6.45, 7) is 3.32. The van der Waals surface area contributed by atoms with Gasteiger partial charge in [0.15, 0.2) is 9.84 Å². The molecule has 4 atom stereocenters. The maximum atomic E-state index is 11.5. The molecular weight excluding hydrogens is 355 g/mol. The van der Waals surface area contributed by atoms with E-state index in [4.69, 9.17) is 0 Å².